The summed E-state index contributed by atoms with van der Waals surface area (Å²) in [5.41, 5.74) is 4.64. The van der Waals surface area contributed by atoms with Crippen LogP contribution in [0.2, 0.25) is 0 Å². The Hall–Kier alpha value is -2.29. The molecule has 0 atom stereocenters. The van der Waals surface area contributed by atoms with Crippen LogP contribution in [0.1, 0.15) is 48.4 Å². The van der Waals surface area contributed by atoms with E-state index < -0.39 is 0 Å². The van der Waals surface area contributed by atoms with Gasteiger partial charge in [-0.1, -0.05) is 43.3 Å². The van der Waals surface area contributed by atoms with E-state index in [1.54, 1.807) is 7.05 Å². The molecule has 32 heavy (non-hydrogen) atoms. The van der Waals surface area contributed by atoms with Gasteiger partial charge in [-0.3, -0.25) is 9.79 Å². The molecule has 0 aromatic heterocycles. The number of carbonyl (C=O) groups is 1. The first-order chi connectivity index (χ1) is 15.1. The molecule has 2 aromatic rings. The molecule has 7 heteroatoms. The van der Waals surface area contributed by atoms with Gasteiger partial charge in [-0.15, -0.1) is 24.0 Å². The molecule has 1 aliphatic rings. The van der Waals surface area contributed by atoms with Crippen LogP contribution in [-0.2, 0) is 24.4 Å². The molecule has 1 aliphatic heterocycles. The van der Waals surface area contributed by atoms with Gasteiger partial charge in [0.25, 0.3) is 0 Å². The molecule has 3 rings (SSSR count). The second-order valence-electron chi connectivity index (χ2n) is 7.97. The minimum absolute atomic E-state index is 0. The summed E-state index contributed by atoms with van der Waals surface area (Å²) in [6, 6.07) is 14.7. The van der Waals surface area contributed by atoms with E-state index in [0.29, 0.717) is 32.7 Å². The Morgan fingerprint density at radius 1 is 1.09 bits per heavy atom. The number of amides is 1. The Bertz CT molecular complexity index is 899. The molecule has 1 saturated heterocycles. The summed E-state index contributed by atoms with van der Waals surface area (Å²) < 4.78 is 5.90. The van der Waals surface area contributed by atoms with Crippen molar-refractivity contribution in [3.8, 4) is 5.75 Å². The van der Waals surface area contributed by atoms with Crippen LogP contribution < -0.4 is 15.4 Å². The summed E-state index contributed by atoms with van der Waals surface area (Å²) >= 11 is 0. The van der Waals surface area contributed by atoms with E-state index in [9.17, 15) is 4.79 Å². The van der Waals surface area contributed by atoms with Crippen molar-refractivity contribution in [2.75, 3.05) is 20.2 Å². The molecule has 2 N–H and O–H groups in total. The number of likely N-dealkylation sites (tertiary alicyclic amines) is 1. The summed E-state index contributed by atoms with van der Waals surface area (Å²) in [7, 11) is 1.77. The van der Waals surface area contributed by atoms with Crippen LogP contribution in [-0.4, -0.2) is 37.0 Å². The summed E-state index contributed by atoms with van der Waals surface area (Å²) in [5, 5.41) is 6.73. The molecule has 6 nitrogen and oxygen atoms in total. The van der Waals surface area contributed by atoms with Crippen LogP contribution in [0.4, 0.5) is 0 Å². The zero-order valence-corrected chi connectivity index (χ0v) is 21.6. The van der Waals surface area contributed by atoms with Crippen molar-refractivity contribution >= 4 is 35.8 Å². The van der Waals surface area contributed by atoms with Crippen molar-refractivity contribution in [1.82, 2.24) is 15.5 Å². The number of carbonyl (C=O) groups excluding carboxylic acids is 1. The van der Waals surface area contributed by atoms with Crippen LogP contribution in [0.5, 0.6) is 5.75 Å². The molecule has 0 bridgehead atoms. The average Bonchev–Trinajstić information content (AvgIpc) is 3.18. The highest BCUT2D eigenvalue weighted by Crippen LogP contribution is 2.20. The third-order valence-corrected chi connectivity index (χ3v) is 5.38. The van der Waals surface area contributed by atoms with E-state index in [-0.39, 0.29) is 29.9 Å². The molecule has 1 heterocycles. The van der Waals surface area contributed by atoms with Crippen LogP contribution in [0, 0.1) is 6.92 Å². The maximum Gasteiger partial charge on any atom is 0.222 e. The molecule has 0 aliphatic carbocycles. The molecule has 2 aromatic carbocycles. The largest absolute Gasteiger partial charge is 0.493 e. The third kappa shape index (κ3) is 7.69. The highest BCUT2D eigenvalue weighted by Gasteiger charge is 2.19. The first-order valence-electron chi connectivity index (χ1n) is 11.1. The van der Waals surface area contributed by atoms with Gasteiger partial charge in [0.1, 0.15) is 5.75 Å². The maximum atomic E-state index is 11.8. The number of hydrogen-bond acceptors (Lipinski definition) is 3. The minimum atomic E-state index is 0. The number of rotatable bonds is 9. The second kappa shape index (κ2) is 13.3. The highest BCUT2D eigenvalue weighted by molar-refractivity contribution is 14.0. The average molecular weight is 550 g/mol. The first-order valence-corrected chi connectivity index (χ1v) is 11.1. The predicted octanol–water partition coefficient (Wildman–Crippen LogP) is 4.39. The number of nitrogens with zero attached hydrogens (tertiary/aromatic N) is 2. The molecule has 0 unspecified atom stereocenters. The Kier molecular flexibility index (Phi) is 10.8. The number of aliphatic imine (C=N–C) groups is 1. The lowest BCUT2D eigenvalue weighted by Crippen LogP contribution is -2.36. The number of halogens is 1. The Morgan fingerprint density at radius 2 is 1.81 bits per heavy atom. The summed E-state index contributed by atoms with van der Waals surface area (Å²) in [6.07, 6.45) is 2.64. The van der Waals surface area contributed by atoms with Crippen molar-refractivity contribution in [1.29, 1.82) is 0 Å². The lowest BCUT2D eigenvalue weighted by atomic mass is 10.1. The topological polar surface area (TPSA) is 66.0 Å². The van der Waals surface area contributed by atoms with Crippen molar-refractivity contribution in [3.63, 3.8) is 0 Å². The van der Waals surface area contributed by atoms with E-state index >= 15 is 0 Å². The van der Waals surface area contributed by atoms with Crippen molar-refractivity contribution < 1.29 is 9.53 Å². The fourth-order valence-electron chi connectivity index (χ4n) is 3.59. The lowest BCUT2D eigenvalue weighted by Gasteiger charge is -2.16. The van der Waals surface area contributed by atoms with Crippen LogP contribution in [0.15, 0.2) is 47.5 Å². The number of benzene rings is 2. The monoisotopic (exact) mass is 550 g/mol. The number of aryl methyl sites for hydroxylation is 1. The maximum absolute atomic E-state index is 11.8. The molecule has 0 saturated carbocycles. The quantitative estimate of drug-likeness (QED) is 0.276. The summed E-state index contributed by atoms with van der Waals surface area (Å²) in [4.78, 5) is 18.1. The van der Waals surface area contributed by atoms with Crippen LogP contribution >= 0.6 is 24.0 Å². The normalized spacial score (nSPS) is 13.7. The van der Waals surface area contributed by atoms with Gasteiger partial charge in [0, 0.05) is 45.2 Å². The van der Waals surface area contributed by atoms with E-state index in [4.69, 9.17) is 4.74 Å². The zero-order valence-electron chi connectivity index (χ0n) is 19.3. The van der Waals surface area contributed by atoms with Crippen molar-refractivity contribution in [2.45, 2.75) is 52.7 Å². The van der Waals surface area contributed by atoms with Gasteiger partial charge in [0.05, 0.1) is 6.61 Å². The Morgan fingerprint density at radius 3 is 2.47 bits per heavy atom. The Balaban J connectivity index is 0.00000363. The fourth-order valence-corrected chi connectivity index (χ4v) is 3.59. The molecule has 174 valence electrons. The van der Waals surface area contributed by atoms with Gasteiger partial charge >= 0.3 is 0 Å². The van der Waals surface area contributed by atoms with Gasteiger partial charge in [-0.2, -0.15) is 0 Å². The number of hydrogen-bond donors (Lipinski definition) is 2. The summed E-state index contributed by atoms with van der Waals surface area (Å²) in [5.74, 6) is 1.93. The van der Waals surface area contributed by atoms with Crippen LogP contribution in [0.3, 0.4) is 0 Å². The van der Waals surface area contributed by atoms with E-state index in [0.717, 1.165) is 36.7 Å². The molecule has 0 radical (unpaired) electrons. The minimum Gasteiger partial charge on any atom is -0.493 e. The number of guanidine groups is 1. The fraction of sp³-hybridized carbons (Fsp3) is 0.440. The third-order valence-electron chi connectivity index (χ3n) is 5.38. The van der Waals surface area contributed by atoms with Crippen LogP contribution in [0.25, 0.3) is 0 Å². The van der Waals surface area contributed by atoms with E-state index in [1.807, 2.05) is 4.90 Å². The molecular formula is C25H35IN4O2. The van der Waals surface area contributed by atoms with Crippen molar-refractivity contribution in [3.05, 3.63) is 64.7 Å². The standard InChI is InChI=1S/C25H34N4O2.HI/c1-4-14-31-23-15-19(2)7-12-22(23)17-28-25(26-3)27-16-20-8-10-21(11-9-20)18-29-13-5-6-24(29)30;/h7-12,15H,4-6,13-14,16-18H2,1-3H3,(H2,26,27,28);1H. The lowest BCUT2D eigenvalue weighted by molar-refractivity contribution is -0.128. The van der Waals surface area contributed by atoms with Gasteiger partial charge in [0.2, 0.25) is 5.91 Å². The van der Waals surface area contributed by atoms with E-state index in [1.165, 1.54) is 16.7 Å². The van der Waals surface area contributed by atoms with E-state index in [2.05, 4.69) is 71.9 Å². The number of nitrogens with one attached hydrogen (secondary N) is 2. The molecule has 0 spiro atoms. The smallest absolute Gasteiger partial charge is 0.222 e. The first kappa shape index (κ1) is 26.0. The zero-order chi connectivity index (χ0) is 22.1. The van der Waals surface area contributed by atoms with Gasteiger partial charge in [-0.05, 0) is 42.5 Å². The SMILES string of the molecule is CCCOc1cc(C)ccc1CNC(=NC)NCc1ccc(CN2CCCC2=O)cc1.I. The second-order valence-corrected chi connectivity index (χ2v) is 7.97. The van der Waals surface area contributed by atoms with Gasteiger partial charge in [-0.25, -0.2) is 0 Å². The highest BCUT2D eigenvalue weighted by atomic mass is 127. The summed E-state index contributed by atoms with van der Waals surface area (Å²) in [6.45, 7) is 7.79. The number of ether oxygens (including phenoxy) is 1. The van der Waals surface area contributed by atoms with Crippen molar-refractivity contribution in [2.24, 2.45) is 4.99 Å². The molecular weight excluding hydrogens is 515 g/mol. The predicted molar refractivity (Wildman–Crippen MR) is 141 cm³/mol. The van der Waals surface area contributed by atoms with Gasteiger partial charge < -0.3 is 20.3 Å². The Labute approximate surface area is 208 Å². The van der Waals surface area contributed by atoms with Gasteiger partial charge in [0.15, 0.2) is 5.96 Å². The molecule has 1 fully saturated rings. The molecule has 1 amide bonds.